The first-order chi connectivity index (χ1) is 13.9. The van der Waals surface area contributed by atoms with Crippen LogP contribution in [0.25, 0.3) is 0 Å². The van der Waals surface area contributed by atoms with Crippen LogP contribution in [0.4, 0.5) is 24.7 Å². The van der Waals surface area contributed by atoms with E-state index < -0.39 is 17.6 Å². The van der Waals surface area contributed by atoms with Crippen molar-refractivity contribution in [1.29, 1.82) is 0 Å². The molecule has 0 saturated carbocycles. The van der Waals surface area contributed by atoms with Crippen LogP contribution in [-0.2, 0) is 19.1 Å². The van der Waals surface area contributed by atoms with Gasteiger partial charge in [0.25, 0.3) is 5.91 Å². The molecule has 0 radical (unpaired) electrons. The maximum Gasteiger partial charge on any atom is 0.418 e. The lowest BCUT2D eigenvalue weighted by atomic mass is 10.00. The first-order valence-corrected chi connectivity index (χ1v) is 9.17. The van der Waals surface area contributed by atoms with Crippen molar-refractivity contribution in [2.75, 3.05) is 16.8 Å². The fraction of sp³-hybridized carbons (Fsp3) is 0.182. The van der Waals surface area contributed by atoms with Crippen molar-refractivity contribution >= 4 is 17.4 Å². The summed E-state index contributed by atoms with van der Waals surface area (Å²) in [4.78, 5) is 19.0. The molecule has 0 unspecified atom stereocenters. The van der Waals surface area contributed by atoms with E-state index in [4.69, 9.17) is 0 Å². The number of benzene rings is 2. The monoisotopic (exact) mass is 397 g/mol. The summed E-state index contributed by atoms with van der Waals surface area (Å²) in [7, 11) is 0. The van der Waals surface area contributed by atoms with Crippen LogP contribution in [0, 0.1) is 0 Å². The van der Waals surface area contributed by atoms with E-state index in [1.165, 1.54) is 41.6 Å². The standard InChI is InChI=1S/C22H18F3N3O/c23-22(24,25)18-7-3-4-8-19(18)27-21(29)16-9-11-26-20(13-16)28-12-10-15-5-1-2-6-17(15)14-28/h1-9,11,13H,10,12,14H2,(H,27,29). The van der Waals surface area contributed by atoms with E-state index in [1.807, 2.05) is 12.1 Å². The van der Waals surface area contributed by atoms with E-state index in [9.17, 15) is 18.0 Å². The largest absolute Gasteiger partial charge is 0.418 e. The van der Waals surface area contributed by atoms with E-state index in [2.05, 4.69) is 27.3 Å². The molecule has 29 heavy (non-hydrogen) atoms. The van der Waals surface area contributed by atoms with E-state index in [-0.39, 0.29) is 11.3 Å². The molecule has 0 spiro atoms. The molecule has 0 saturated heterocycles. The Kier molecular flexibility index (Phi) is 4.96. The van der Waals surface area contributed by atoms with Crippen LogP contribution in [0.1, 0.15) is 27.0 Å². The number of hydrogen-bond acceptors (Lipinski definition) is 3. The van der Waals surface area contributed by atoms with Gasteiger partial charge in [-0.1, -0.05) is 36.4 Å². The molecule has 148 valence electrons. The molecule has 0 fully saturated rings. The molecule has 1 aliphatic heterocycles. The third-order valence-corrected chi connectivity index (χ3v) is 4.94. The predicted octanol–water partition coefficient (Wildman–Crippen LogP) is 4.92. The second kappa shape index (κ2) is 7.58. The highest BCUT2D eigenvalue weighted by atomic mass is 19.4. The molecule has 3 aromatic rings. The first-order valence-electron chi connectivity index (χ1n) is 9.17. The number of pyridine rings is 1. The van der Waals surface area contributed by atoms with Gasteiger partial charge in [0.2, 0.25) is 0 Å². The molecule has 4 nitrogen and oxygen atoms in total. The lowest BCUT2D eigenvalue weighted by Gasteiger charge is -2.30. The number of carbonyl (C=O) groups is 1. The van der Waals surface area contributed by atoms with Crippen molar-refractivity contribution in [3.05, 3.63) is 89.1 Å². The summed E-state index contributed by atoms with van der Waals surface area (Å²) in [5, 5.41) is 2.37. The molecule has 1 N–H and O–H groups in total. The fourth-order valence-electron chi connectivity index (χ4n) is 3.46. The zero-order valence-electron chi connectivity index (χ0n) is 15.4. The van der Waals surface area contributed by atoms with Gasteiger partial charge in [-0.2, -0.15) is 13.2 Å². The number of hydrogen-bond donors (Lipinski definition) is 1. The number of aromatic nitrogens is 1. The highest BCUT2D eigenvalue weighted by Gasteiger charge is 2.33. The quantitative estimate of drug-likeness (QED) is 0.683. The second-order valence-electron chi connectivity index (χ2n) is 6.84. The second-order valence-corrected chi connectivity index (χ2v) is 6.84. The van der Waals surface area contributed by atoms with Gasteiger partial charge in [0.05, 0.1) is 11.3 Å². The third-order valence-electron chi connectivity index (χ3n) is 4.94. The Morgan fingerprint density at radius 1 is 1.00 bits per heavy atom. The SMILES string of the molecule is O=C(Nc1ccccc1C(F)(F)F)c1ccnc(N2CCc3ccccc3C2)c1. The van der Waals surface area contributed by atoms with Gasteiger partial charge in [-0.3, -0.25) is 4.79 Å². The summed E-state index contributed by atoms with van der Waals surface area (Å²) < 4.78 is 39.5. The van der Waals surface area contributed by atoms with E-state index in [0.29, 0.717) is 12.4 Å². The van der Waals surface area contributed by atoms with Crippen molar-refractivity contribution in [3.8, 4) is 0 Å². The zero-order chi connectivity index (χ0) is 20.4. The topological polar surface area (TPSA) is 45.2 Å². The van der Waals surface area contributed by atoms with Crippen LogP contribution >= 0.6 is 0 Å². The number of fused-ring (bicyclic) bond motifs is 1. The predicted molar refractivity (Wildman–Crippen MR) is 105 cm³/mol. The molecule has 0 bridgehead atoms. The van der Waals surface area contributed by atoms with Gasteiger partial charge in [0.1, 0.15) is 5.82 Å². The summed E-state index contributed by atoms with van der Waals surface area (Å²) in [5.41, 5.74) is 1.60. The number of nitrogens with one attached hydrogen (secondary N) is 1. The number of carbonyl (C=O) groups excluding carboxylic acids is 1. The molecular weight excluding hydrogens is 379 g/mol. The number of anilines is 2. The molecule has 4 rings (SSSR count). The van der Waals surface area contributed by atoms with Crippen molar-refractivity contribution < 1.29 is 18.0 Å². The highest BCUT2D eigenvalue weighted by molar-refractivity contribution is 6.05. The average molecular weight is 397 g/mol. The van der Waals surface area contributed by atoms with Gasteiger partial charge >= 0.3 is 6.18 Å². The van der Waals surface area contributed by atoms with Crippen LogP contribution in [-0.4, -0.2) is 17.4 Å². The van der Waals surface area contributed by atoms with Crippen LogP contribution in [0.2, 0.25) is 0 Å². The summed E-state index contributed by atoms with van der Waals surface area (Å²) in [6, 6.07) is 16.2. The maximum atomic E-state index is 13.2. The fourth-order valence-corrected chi connectivity index (χ4v) is 3.46. The molecule has 2 aromatic carbocycles. The van der Waals surface area contributed by atoms with Crippen molar-refractivity contribution in [2.45, 2.75) is 19.1 Å². The summed E-state index contributed by atoms with van der Waals surface area (Å²) >= 11 is 0. The Bertz CT molecular complexity index is 1050. The molecule has 2 heterocycles. The lowest BCUT2D eigenvalue weighted by Crippen LogP contribution is -2.31. The van der Waals surface area contributed by atoms with Gasteiger partial charge in [-0.25, -0.2) is 4.98 Å². The molecule has 1 amide bonds. The number of nitrogens with zero attached hydrogens (tertiary/aromatic N) is 2. The van der Waals surface area contributed by atoms with Crippen LogP contribution in [0.3, 0.4) is 0 Å². The van der Waals surface area contributed by atoms with Crippen molar-refractivity contribution in [1.82, 2.24) is 4.98 Å². The van der Waals surface area contributed by atoms with Crippen LogP contribution < -0.4 is 10.2 Å². The van der Waals surface area contributed by atoms with Gasteiger partial charge < -0.3 is 10.2 Å². The van der Waals surface area contributed by atoms with Gasteiger partial charge in [-0.15, -0.1) is 0 Å². The molecule has 7 heteroatoms. The van der Waals surface area contributed by atoms with Gasteiger partial charge in [0, 0.05) is 24.8 Å². The first kappa shape index (κ1) is 19.0. The van der Waals surface area contributed by atoms with Gasteiger partial charge in [0.15, 0.2) is 0 Å². The summed E-state index contributed by atoms with van der Waals surface area (Å²) in [6.45, 7) is 1.43. The molecule has 1 aromatic heterocycles. The molecule has 0 aliphatic carbocycles. The van der Waals surface area contributed by atoms with Crippen LogP contribution in [0.5, 0.6) is 0 Å². The van der Waals surface area contributed by atoms with E-state index in [1.54, 1.807) is 6.07 Å². The Morgan fingerprint density at radius 3 is 2.52 bits per heavy atom. The highest BCUT2D eigenvalue weighted by Crippen LogP contribution is 2.34. The van der Waals surface area contributed by atoms with Crippen molar-refractivity contribution in [3.63, 3.8) is 0 Å². The van der Waals surface area contributed by atoms with E-state index in [0.717, 1.165) is 19.0 Å². The number of para-hydroxylation sites is 1. The number of rotatable bonds is 3. The van der Waals surface area contributed by atoms with Crippen LogP contribution in [0.15, 0.2) is 66.9 Å². The molecule has 1 aliphatic rings. The Hall–Kier alpha value is -3.35. The normalized spacial score (nSPS) is 13.7. The minimum atomic E-state index is -4.55. The van der Waals surface area contributed by atoms with Gasteiger partial charge in [-0.05, 0) is 41.8 Å². The summed E-state index contributed by atoms with van der Waals surface area (Å²) in [6.07, 6.45) is -2.18. The van der Waals surface area contributed by atoms with Crippen molar-refractivity contribution in [2.24, 2.45) is 0 Å². The minimum absolute atomic E-state index is 0.255. The molecular formula is C22H18F3N3O. The summed E-state index contributed by atoms with van der Waals surface area (Å²) in [5.74, 6) is 0.0130. The lowest BCUT2D eigenvalue weighted by molar-refractivity contribution is -0.136. The Morgan fingerprint density at radius 2 is 1.72 bits per heavy atom. The number of alkyl halides is 3. The Balaban J connectivity index is 1.55. The zero-order valence-corrected chi connectivity index (χ0v) is 15.4. The van der Waals surface area contributed by atoms with E-state index >= 15 is 0 Å². The smallest absolute Gasteiger partial charge is 0.352 e. The average Bonchev–Trinajstić information content (AvgIpc) is 2.73. The minimum Gasteiger partial charge on any atom is -0.352 e. The third kappa shape index (κ3) is 4.08. The Labute approximate surface area is 166 Å². The number of amides is 1. The number of halogens is 3. The maximum absolute atomic E-state index is 13.2. The molecule has 0 atom stereocenters.